The molecule has 0 aliphatic carbocycles. The van der Waals surface area contributed by atoms with Crippen LogP contribution in [0.3, 0.4) is 0 Å². The Morgan fingerprint density at radius 1 is 0.593 bits per heavy atom. The number of halogens is 2. The number of likely N-dealkylation sites (tertiary alicyclic amines) is 2. The molecule has 3 rings (SSSR count). The van der Waals surface area contributed by atoms with E-state index < -0.39 is 0 Å². The second kappa shape index (κ2) is 19.7. The minimum atomic E-state index is 0.552. The summed E-state index contributed by atoms with van der Waals surface area (Å²) >= 11 is 10.5. The second-order valence-electron chi connectivity index (χ2n) is 7.16. The van der Waals surface area contributed by atoms with Gasteiger partial charge in [-0.1, -0.05) is 0 Å². The maximum atomic E-state index is 5.67. The fraction of sp³-hybridized carbons (Fsp3) is 1.00. The molecule has 7 heteroatoms. The largest absolute Gasteiger partial charge is 0.379 e. The number of hydrogen-bond donors (Lipinski definition) is 1. The molecule has 5 nitrogen and oxygen atoms in total. The SMILES string of the molecule is C1CCN(CCOCCN2CCCC2)C1.C1CCNC1.ClCCOCCCl. The summed E-state index contributed by atoms with van der Waals surface area (Å²) in [5, 5.41) is 3.22. The van der Waals surface area contributed by atoms with Gasteiger partial charge in [0.15, 0.2) is 0 Å². The molecular weight excluding hydrogens is 385 g/mol. The van der Waals surface area contributed by atoms with Crippen LogP contribution in [0.2, 0.25) is 0 Å². The third-order valence-corrected chi connectivity index (χ3v) is 5.21. The monoisotopic (exact) mass is 425 g/mol. The molecule has 27 heavy (non-hydrogen) atoms. The van der Waals surface area contributed by atoms with Crippen LogP contribution in [-0.2, 0) is 9.47 Å². The fourth-order valence-electron chi connectivity index (χ4n) is 3.34. The highest BCUT2D eigenvalue weighted by molar-refractivity contribution is 6.18. The highest BCUT2D eigenvalue weighted by atomic mass is 35.5. The van der Waals surface area contributed by atoms with Crippen LogP contribution in [0.25, 0.3) is 0 Å². The van der Waals surface area contributed by atoms with Crippen LogP contribution in [0.15, 0.2) is 0 Å². The summed E-state index contributed by atoms with van der Waals surface area (Å²) in [6.07, 6.45) is 8.31. The molecule has 1 N–H and O–H groups in total. The molecule has 0 spiro atoms. The van der Waals surface area contributed by atoms with Gasteiger partial charge in [-0.3, -0.25) is 0 Å². The average Bonchev–Trinajstić information content (AvgIpc) is 3.47. The van der Waals surface area contributed by atoms with Gasteiger partial charge in [-0.05, 0) is 77.8 Å². The lowest BCUT2D eigenvalue weighted by molar-refractivity contribution is 0.0935. The Kier molecular flexibility index (Phi) is 18.5. The van der Waals surface area contributed by atoms with Crippen LogP contribution in [0, 0.1) is 0 Å². The summed E-state index contributed by atoms with van der Waals surface area (Å²) in [7, 11) is 0. The summed E-state index contributed by atoms with van der Waals surface area (Å²) in [6, 6.07) is 0. The Morgan fingerprint density at radius 2 is 1.00 bits per heavy atom. The number of nitrogens with one attached hydrogen (secondary N) is 1. The molecule has 3 aliphatic heterocycles. The van der Waals surface area contributed by atoms with Crippen molar-refractivity contribution in [1.29, 1.82) is 0 Å². The zero-order valence-electron chi connectivity index (χ0n) is 17.1. The number of alkyl halides is 2. The Hall–Kier alpha value is 0.380. The van der Waals surface area contributed by atoms with Crippen molar-refractivity contribution in [3.05, 3.63) is 0 Å². The molecular formula is C20H41Cl2N3O2. The van der Waals surface area contributed by atoms with Crippen LogP contribution in [-0.4, -0.2) is 100 Å². The van der Waals surface area contributed by atoms with E-state index in [0.29, 0.717) is 25.0 Å². The van der Waals surface area contributed by atoms with Crippen molar-refractivity contribution in [2.24, 2.45) is 0 Å². The summed E-state index contributed by atoms with van der Waals surface area (Å²) in [5.41, 5.74) is 0. The third kappa shape index (κ3) is 15.9. The number of rotatable bonds is 10. The molecule has 162 valence electrons. The van der Waals surface area contributed by atoms with E-state index in [1.165, 1.54) is 77.8 Å². The summed E-state index contributed by atoms with van der Waals surface area (Å²) in [4.78, 5) is 5.02. The Balaban J connectivity index is 0.000000251. The summed E-state index contributed by atoms with van der Waals surface area (Å²) < 4.78 is 10.5. The normalized spacial score (nSPS) is 20.2. The number of nitrogens with zero attached hydrogens (tertiary/aromatic N) is 2. The highest BCUT2D eigenvalue weighted by Crippen LogP contribution is 2.07. The van der Waals surface area contributed by atoms with Crippen LogP contribution < -0.4 is 5.32 Å². The van der Waals surface area contributed by atoms with Crippen molar-refractivity contribution < 1.29 is 9.47 Å². The molecule has 0 radical (unpaired) electrons. The summed E-state index contributed by atoms with van der Waals surface area (Å²) in [5.74, 6) is 1.10. The van der Waals surface area contributed by atoms with Crippen molar-refractivity contribution in [3.63, 3.8) is 0 Å². The van der Waals surface area contributed by atoms with Gasteiger partial charge < -0.3 is 24.6 Å². The Bertz CT molecular complexity index is 269. The molecule has 3 aliphatic rings. The molecule has 0 atom stereocenters. The van der Waals surface area contributed by atoms with Gasteiger partial charge >= 0.3 is 0 Å². The molecule has 0 saturated carbocycles. The van der Waals surface area contributed by atoms with Gasteiger partial charge in [0.1, 0.15) is 0 Å². The third-order valence-electron chi connectivity index (χ3n) is 4.90. The van der Waals surface area contributed by atoms with Crippen LogP contribution in [0.1, 0.15) is 38.5 Å². The van der Waals surface area contributed by atoms with E-state index in [-0.39, 0.29) is 0 Å². The molecule has 0 aromatic rings. The van der Waals surface area contributed by atoms with E-state index in [2.05, 4.69) is 15.1 Å². The molecule has 3 heterocycles. The lowest BCUT2D eigenvalue weighted by Gasteiger charge is -2.16. The first kappa shape index (κ1) is 25.4. The first-order valence-electron chi connectivity index (χ1n) is 10.8. The molecule has 0 aromatic carbocycles. The van der Waals surface area contributed by atoms with Gasteiger partial charge in [-0.15, -0.1) is 23.2 Å². The van der Waals surface area contributed by atoms with Gasteiger partial charge in [-0.25, -0.2) is 0 Å². The minimum absolute atomic E-state index is 0.552. The van der Waals surface area contributed by atoms with Gasteiger partial charge in [0, 0.05) is 24.8 Å². The average molecular weight is 426 g/mol. The lowest BCUT2D eigenvalue weighted by atomic mass is 10.4. The quantitative estimate of drug-likeness (QED) is 0.429. The maximum absolute atomic E-state index is 5.67. The van der Waals surface area contributed by atoms with E-state index in [9.17, 15) is 0 Å². The van der Waals surface area contributed by atoms with Crippen LogP contribution >= 0.6 is 23.2 Å². The fourth-order valence-corrected chi connectivity index (χ4v) is 3.56. The van der Waals surface area contributed by atoms with Crippen molar-refractivity contribution in [2.75, 3.05) is 90.5 Å². The highest BCUT2D eigenvalue weighted by Gasteiger charge is 2.12. The maximum Gasteiger partial charge on any atom is 0.0602 e. The smallest absolute Gasteiger partial charge is 0.0602 e. The van der Waals surface area contributed by atoms with Crippen LogP contribution in [0.4, 0.5) is 0 Å². The minimum Gasteiger partial charge on any atom is -0.379 e. The van der Waals surface area contributed by atoms with E-state index >= 15 is 0 Å². The van der Waals surface area contributed by atoms with Gasteiger partial charge in [0.05, 0.1) is 26.4 Å². The topological polar surface area (TPSA) is 37.0 Å². The van der Waals surface area contributed by atoms with Gasteiger partial charge in [-0.2, -0.15) is 0 Å². The molecule has 0 aromatic heterocycles. The predicted molar refractivity (Wildman–Crippen MR) is 117 cm³/mol. The van der Waals surface area contributed by atoms with Crippen molar-refractivity contribution >= 4 is 23.2 Å². The van der Waals surface area contributed by atoms with Crippen LogP contribution in [0.5, 0.6) is 0 Å². The van der Waals surface area contributed by atoms with Gasteiger partial charge in [0.2, 0.25) is 0 Å². The van der Waals surface area contributed by atoms with Crippen molar-refractivity contribution in [1.82, 2.24) is 15.1 Å². The number of hydrogen-bond acceptors (Lipinski definition) is 5. The van der Waals surface area contributed by atoms with E-state index in [4.69, 9.17) is 32.7 Å². The molecule has 0 bridgehead atoms. The second-order valence-corrected chi connectivity index (χ2v) is 7.91. The van der Waals surface area contributed by atoms with E-state index in [1.807, 2.05) is 0 Å². The Morgan fingerprint density at radius 3 is 1.33 bits per heavy atom. The van der Waals surface area contributed by atoms with Crippen molar-refractivity contribution in [2.45, 2.75) is 38.5 Å². The standard InChI is InChI=1S/C12H24N2O.C4H8Cl2O.C4H9N/c1-2-6-13(5-1)9-11-15-12-10-14-7-3-4-8-14;5-1-3-7-4-2-6;1-2-4-5-3-1/h1-12H2;1-4H2;5H,1-4H2. The molecule has 0 amide bonds. The zero-order chi connectivity index (χ0) is 19.4. The van der Waals surface area contributed by atoms with E-state index in [0.717, 1.165) is 26.3 Å². The number of ether oxygens (including phenoxy) is 2. The lowest BCUT2D eigenvalue weighted by Crippen LogP contribution is -2.27. The first-order chi connectivity index (χ1) is 13.4. The summed E-state index contributed by atoms with van der Waals surface area (Å²) in [6.45, 7) is 13.0. The molecule has 3 saturated heterocycles. The predicted octanol–water partition coefficient (Wildman–Crippen LogP) is 3.05. The van der Waals surface area contributed by atoms with Crippen molar-refractivity contribution in [3.8, 4) is 0 Å². The Labute approximate surface area is 177 Å². The molecule has 0 unspecified atom stereocenters. The zero-order valence-corrected chi connectivity index (χ0v) is 18.6. The molecule has 3 fully saturated rings. The van der Waals surface area contributed by atoms with Gasteiger partial charge in [0.25, 0.3) is 0 Å². The first-order valence-corrected chi connectivity index (χ1v) is 11.9. The van der Waals surface area contributed by atoms with E-state index in [1.54, 1.807) is 0 Å².